The molecule has 3 fully saturated rings. The van der Waals surface area contributed by atoms with E-state index < -0.39 is 0 Å². The van der Waals surface area contributed by atoms with E-state index >= 15 is 0 Å². The fraction of sp³-hybridized carbons (Fsp3) is 0.684. The van der Waals surface area contributed by atoms with Crippen LogP contribution in [0.2, 0.25) is 0 Å². The highest BCUT2D eigenvalue weighted by atomic mass is 16.5. The topological polar surface area (TPSA) is 96.4 Å². The third-order valence-corrected chi connectivity index (χ3v) is 5.29. The Balaban J connectivity index is 1.43. The highest BCUT2D eigenvalue weighted by Crippen LogP contribution is 2.24. The molecule has 8 heteroatoms. The van der Waals surface area contributed by atoms with Gasteiger partial charge in [-0.15, -0.1) is 0 Å². The fourth-order valence-electron chi connectivity index (χ4n) is 3.56. The first-order valence-corrected chi connectivity index (χ1v) is 10.0. The van der Waals surface area contributed by atoms with Gasteiger partial charge in [0.05, 0.1) is 11.3 Å². The van der Waals surface area contributed by atoms with E-state index in [0.717, 1.165) is 51.6 Å². The Hall–Kier alpha value is -2.22. The van der Waals surface area contributed by atoms with Gasteiger partial charge in [0.25, 0.3) is 5.91 Å². The van der Waals surface area contributed by atoms with E-state index in [1.807, 2.05) is 4.90 Å². The van der Waals surface area contributed by atoms with E-state index in [1.165, 1.54) is 0 Å². The number of rotatable bonds is 7. The molecule has 1 aliphatic carbocycles. The lowest BCUT2D eigenvalue weighted by Crippen LogP contribution is -2.36. The van der Waals surface area contributed by atoms with Gasteiger partial charge in [-0.2, -0.15) is 0 Å². The van der Waals surface area contributed by atoms with Crippen LogP contribution in [0.1, 0.15) is 54.6 Å². The van der Waals surface area contributed by atoms with E-state index in [0.29, 0.717) is 42.8 Å². The molecule has 3 aliphatic rings. The summed E-state index contributed by atoms with van der Waals surface area (Å²) in [5.41, 5.74) is 1.24. The van der Waals surface area contributed by atoms with Gasteiger partial charge in [0, 0.05) is 44.9 Å². The van der Waals surface area contributed by atoms with Crippen molar-refractivity contribution in [1.82, 2.24) is 20.2 Å². The number of likely N-dealkylation sites (tertiary alicyclic amines) is 1. The van der Waals surface area contributed by atoms with Gasteiger partial charge in [-0.3, -0.25) is 9.59 Å². The minimum atomic E-state index is -0.340. The molecule has 0 aromatic carbocycles. The zero-order valence-electron chi connectivity index (χ0n) is 15.6. The van der Waals surface area contributed by atoms with Crippen LogP contribution in [0.15, 0.2) is 6.20 Å². The van der Waals surface area contributed by atoms with Crippen LogP contribution in [0, 0.1) is 0 Å². The van der Waals surface area contributed by atoms with Crippen molar-refractivity contribution in [2.24, 2.45) is 0 Å². The molecular formula is C19H27N5O3. The Morgan fingerprint density at radius 2 is 2.00 bits per heavy atom. The van der Waals surface area contributed by atoms with Crippen molar-refractivity contribution < 1.29 is 14.3 Å². The summed E-state index contributed by atoms with van der Waals surface area (Å²) in [6.45, 7) is 2.65. The van der Waals surface area contributed by atoms with Crippen molar-refractivity contribution in [1.29, 1.82) is 0 Å². The summed E-state index contributed by atoms with van der Waals surface area (Å²) in [7, 11) is 0. The number of carbonyl (C=O) groups is 2. The normalized spacial score (nSPS) is 22.1. The van der Waals surface area contributed by atoms with Crippen molar-refractivity contribution in [2.75, 3.05) is 31.6 Å². The number of nitrogens with zero attached hydrogens (tertiary/aromatic N) is 3. The summed E-state index contributed by atoms with van der Waals surface area (Å²) in [6.07, 6.45) is 7.83. The number of carbonyl (C=O) groups excluding carboxylic acids is 2. The Morgan fingerprint density at radius 3 is 2.70 bits per heavy atom. The molecule has 2 aliphatic heterocycles. The van der Waals surface area contributed by atoms with Crippen LogP contribution in [0.4, 0.5) is 5.95 Å². The van der Waals surface area contributed by atoms with Crippen LogP contribution in [0.3, 0.4) is 0 Å². The molecule has 1 atom stereocenters. The highest BCUT2D eigenvalue weighted by molar-refractivity contribution is 5.95. The largest absolute Gasteiger partial charge is 0.368 e. The predicted molar refractivity (Wildman–Crippen MR) is 99.5 cm³/mol. The molecule has 2 amide bonds. The number of amides is 2. The Bertz CT molecular complexity index is 695. The summed E-state index contributed by atoms with van der Waals surface area (Å²) in [5.74, 6) is 0.479. The number of hydrogen-bond donors (Lipinski definition) is 2. The quantitative estimate of drug-likeness (QED) is 0.744. The van der Waals surface area contributed by atoms with E-state index in [-0.39, 0.29) is 17.9 Å². The van der Waals surface area contributed by atoms with Crippen molar-refractivity contribution in [2.45, 2.75) is 57.1 Å². The summed E-state index contributed by atoms with van der Waals surface area (Å²) in [5, 5.41) is 6.19. The lowest BCUT2D eigenvalue weighted by Gasteiger charge is -2.18. The molecule has 1 aromatic heterocycles. The van der Waals surface area contributed by atoms with Crippen LogP contribution in [-0.2, 0) is 16.0 Å². The summed E-state index contributed by atoms with van der Waals surface area (Å²) >= 11 is 0. The monoisotopic (exact) mass is 373 g/mol. The first-order valence-electron chi connectivity index (χ1n) is 10.0. The molecule has 2 saturated heterocycles. The van der Waals surface area contributed by atoms with Gasteiger partial charge in [-0.25, -0.2) is 9.97 Å². The third kappa shape index (κ3) is 4.55. The number of nitrogens with one attached hydrogen (secondary N) is 2. The summed E-state index contributed by atoms with van der Waals surface area (Å²) in [6, 6.07) is 0.442. The second kappa shape index (κ2) is 8.21. The molecule has 0 radical (unpaired) electrons. The maximum absolute atomic E-state index is 12.8. The van der Waals surface area contributed by atoms with Gasteiger partial charge < -0.3 is 20.3 Å². The van der Waals surface area contributed by atoms with Gasteiger partial charge >= 0.3 is 0 Å². The SMILES string of the molecule is O=C(NCCc1nc(NC2CC2)ncc1C(=O)N1CCCC1)C1CCCO1. The smallest absolute Gasteiger partial charge is 0.257 e. The van der Waals surface area contributed by atoms with Gasteiger partial charge in [-0.1, -0.05) is 0 Å². The molecule has 1 unspecified atom stereocenters. The Morgan fingerprint density at radius 1 is 1.19 bits per heavy atom. The molecule has 3 heterocycles. The zero-order valence-corrected chi connectivity index (χ0v) is 15.6. The zero-order chi connectivity index (χ0) is 18.6. The molecule has 146 valence electrons. The summed E-state index contributed by atoms with van der Waals surface area (Å²) in [4.78, 5) is 35.8. The van der Waals surface area contributed by atoms with Crippen LogP contribution < -0.4 is 10.6 Å². The van der Waals surface area contributed by atoms with E-state index in [2.05, 4.69) is 20.6 Å². The molecule has 2 N–H and O–H groups in total. The minimum absolute atomic E-state index is 0.00840. The number of anilines is 1. The molecule has 0 spiro atoms. The van der Waals surface area contributed by atoms with Crippen molar-refractivity contribution in [3.8, 4) is 0 Å². The van der Waals surface area contributed by atoms with Gasteiger partial charge in [0.1, 0.15) is 6.10 Å². The first-order chi connectivity index (χ1) is 13.2. The third-order valence-electron chi connectivity index (χ3n) is 5.29. The molecule has 1 aromatic rings. The van der Waals surface area contributed by atoms with Crippen molar-refractivity contribution in [3.05, 3.63) is 17.5 Å². The molecule has 0 bridgehead atoms. The minimum Gasteiger partial charge on any atom is -0.368 e. The molecule has 4 rings (SSSR count). The Kier molecular flexibility index (Phi) is 5.52. The van der Waals surface area contributed by atoms with Gasteiger partial charge in [0.15, 0.2) is 0 Å². The molecule has 1 saturated carbocycles. The lowest BCUT2D eigenvalue weighted by atomic mass is 10.1. The second-order valence-electron chi connectivity index (χ2n) is 7.51. The second-order valence-corrected chi connectivity index (χ2v) is 7.51. The maximum atomic E-state index is 12.8. The lowest BCUT2D eigenvalue weighted by molar-refractivity contribution is -0.129. The van der Waals surface area contributed by atoms with E-state index in [9.17, 15) is 9.59 Å². The first kappa shape index (κ1) is 18.2. The number of aromatic nitrogens is 2. The van der Waals surface area contributed by atoms with Crippen LogP contribution in [0.25, 0.3) is 0 Å². The van der Waals surface area contributed by atoms with Crippen LogP contribution in [0.5, 0.6) is 0 Å². The molecule has 8 nitrogen and oxygen atoms in total. The van der Waals surface area contributed by atoms with Gasteiger partial charge in [0.2, 0.25) is 11.9 Å². The highest BCUT2D eigenvalue weighted by Gasteiger charge is 2.26. The van der Waals surface area contributed by atoms with E-state index in [1.54, 1.807) is 6.20 Å². The van der Waals surface area contributed by atoms with Crippen molar-refractivity contribution in [3.63, 3.8) is 0 Å². The summed E-state index contributed by atoms with van der Waals surface area (Å²) < 4.78 is 5.41. The van der Waals surface area contributed by atoms with E-state index in [4.69, 9.17) is 4.74 Å². The van der Waals surface area contributed by atoms with Crippen LogP contribution in [-0.4, -0.2) is 65.1 Å². The van der Waals surface area contributed by atoms with Crippen molar-refractivity contribution >= 4 is 17.8 Å². The Labute approximate surface area is 159 Å². The average molecular weight is 373 g/mol. The maximum Gasteiger partial charge on any atom is 0.257 e. The fourth-order valence-corrected chi connectivity index (χ4v) is 3.56. The molecule has 27 heavy (non-hydrogen) atoms. The number of hydrogen-bond acceptors (Lipinski definition) is 6. The van der Waals surface area contributed by atoms with Gasteiger partial charge in [-0.05, 0) is 38.5 Å². The predicted octanol–water partition coefficient (Wildman–Crippen LogP) is 1.12. The number of ether oxygens (including phenoxy) is 1. The average Bonchev–Trinajstić information content (AvgIpc) is 3.16. The van der Waals surface area contributed by atoms with Crippen LogP contribution >= 0.6 is 0 Å². The standard InChI is InChI=1S/C19H27N5O3/c25-17(16-4-3-11-27-16)20-8-7-15-14(18(26)24-9-1-2-10-24)12-21-19(23-15)22-13-5-6-13/h12-13,16H,1-11H2,(H,20,25)(H,21,22,23). The molecular weight excluding hydrogens is 346 g/mol.